The standard InChI is InChI=1S/C30H25N5O3/c1-3-38-29(36)23-19(2)31-27-25(24(23)20-13-7-4-8-14-20)28-33-32-26(21-15-9-5-10-16-21)35(28)30(37)34(27)22-17-11-6-12-18-22/h4-15,17-18,21H,3,16H2,1-2H3. The first-order valence-corrected chi connectivity index (χ1v) is 12.6. The van der Waals surface area contributed by atoms with Gasteiger partial charge in [0.25, 0.3) is 0 Å². The molecule has 8 heteroatoms. The molecule has 1 aliphatic carbocycles. The third-order valence-electron chi connectivity index (χ3n) is 6.73. The van der Waals surface area contributed by atoms with Crippen LogP contribution in [0.25, 0.3) is 33.5 Å². The van der Waals surface area contributed by atoms with Gasteiger partial charge >= 0.3 is 11.7 Å². The third-order valence-corrected chi connectivity index (χ3v) is 6.73. The van der Waals surface area contributed by atoms with Gasteiger partial charge < -0.3 is 4.74 Å². The molecule has 6 rings (SSSR count). The second-order valence-electron chi connectivity index (χ2n) is 9.06. The number of hydrogen-bond donors (Lipinski definition) is 0. The first kappa shape index (κ1) is 23.5. The number of allylic oxidation sites excluding steroid dienone is 4. The highest BCUT2D eigenvalue weighted by Crippen LogP contribution is 2.36. The smallest absolute Gasteiger partial charge is 0.341 e. The number of hydrogen-bond acceptors (Lipinski definition) is 6. The highest BCUT2D eigenvalue weighted by Gasteiger charge is 2.29. The Hall–Kier alpha value is -4.85. The largest absolute Gasteiger partial charge is 0.462 e. The number of rotatable bonds is 5. The Morgan fingerprint density at radius 2 is 1.74 bits per heavy atom. The van der Waals surface area contributed by atoms with Gasteiger partial charge in [0.05, 0.1) is 28.9 Å². The van der Waals surface area contributed by atoms with Crippen molar-refractivity contribution in [3.63, 3.8) is 0 Å². The topological polar surface area (TPSA) is 91.4 Å². The van der Waals surface area contributed by atoms with E-state index in [1.165, 1.54) is 0 Å². The van der Waals surface area contributed by atoms with E-state index in [1.54, 1.807) is 22.8 Å². The maximum atomic E-state index is 14.2. The van der Waals surface area contributed by atoms with E-state index in [2.05, 4.69) is 10.2 Å². The summed E-state index contributed by atoms with van der Waals surface area (Å²) in [4.78, 5) is 32.4. The molecule has 1 aliphatic rings. The van der Waals surface area contributed by atoms with Crippen LogP contribution in [-0.2, 0) is 4.74 Å². The molecule has 3 aromatic heterocycles. The van der Waals surface area contributed by atoms with Gasteiger partial charge in [-0.25, -0.2) is 23.5 Å². The van der Waals surface area contributed by atoms with Gasteiger partial charge in [0, 0.05) is 11.5 Å². The second kappa shape index (κ2) is 9.55. The lowest BCUT2D eigenvalue weighted by Crippen LogP contribution is -2.29. The van der Waals surface area contributed by atoms with Crippen molar-refractivity contribution in [2.75, 3.05) is 6.61 Å². The predicted molar refractivity (Wildman–Crippen MR) is 146 cm³/mol. The average Bonchev–Trinajstić information content (AvgIpc) is 3.40. The summed E-state index contributed by atoms with van der Waals surface area (Å²) in [6, 6.07) is 18.9. The number of fused-ring (bicyclic) bond motifs is 3. The highest BCUT2D eigenvalue weighted by atomic mass is 16.5. The van der Waals surface area contributed by atoms with Crippen LogP contribution >= 0.6 is 0 Å². The molecule has 3 heterocycles. The van der Waals surface area contributed by atoms with Gasteiger partial charge in [-0.05, 0) is 38.0 Å². The number of carbonyl (C=O) groups excluding carboxylic acids is 1. The summed E-state index contributed by atoms with van der Waals surface area (Å²) >= 11 is 0. The molecule has 2 aromatic carbocycles. The van der Waals surface area contributed by atoms with Gasteiger partial charge in [0.2, 0.25) is 0 Å². The lowest BCUT2D eigenvalue weighted by atomic mass is 9.95. The van der Waals surface area contributed by atoms with Crippen LogP contribution < -0.4 is 5.69 Å². The van der Waals surface area contributed by atoms with Gasteiger partial charge in [0.1, 0.15) is 5.82 Å². The molecule has 0 saturated carbocycles. The number of para-hydroxylation sites is 1. The van der Waals surface area contributed by atoms with Crippen molar-refractivity contribution in [2.24, 2.45) is 0 Å². The molecule has 0 spiro atoms. The molecule has 0 fully saturated rings. The number of aromatic nitrogens is 5. The average molecular weight is 504 g/mol. The number of esters is 1. The maximum absolute atomic E-state index is 14.2. The summed E-state index contributed by atoms with van der Waals surface area (Å²) in [7, 11) is 0. The van der Waals surface area contributed by atoms with Gasteiger partial charge in [-0.2, -0.15) is 0 Å². The molecule has 38 heavy (non-hydrogen) atoms. The van der Waals surface area contributed by atoms with Crippen molar-refractivity contribution in [1.82, 2.24) is 24.1 Å². The second-order valence-corrected chi connectivity index (χ2v) is 9.06. The number of aryl methyl sites for hydroxylation is 1. The third kappa shape index (κ3) is 3.73. The van der Waals surface area contributed by atoms with Crippen molar-refractivity contribution >= 4 is 22.6 Å². The number of nitrogens with zero attached hydrogens (tertiary/aromatic N) is 5. The van der Waals surface area contributed by atoms with E-state index >= 15 is 0 Å². The van der Waals surface area contributed by atoms with Crippen LogP contribution in [0.1, 0.15) is 41.1 Å². The van der Waals surface area contributed by atoms with Gasteiger partial charge in [-0.15, -0.1) is 10.2 Å². The summed E-state index contributed by atoms with van der Waals surface area (Å²) in [6.45, 7) is 3.75. The van der Waals surface area contributed by atoms with Crippen LogP contribution in [0.2, 0.25) is 0 Å². The molecule has 0 aliphatic heterocycles. The molecular formula is C30H25N5O3. The quantitative estimate of drug-likeness (QED) is 0.307. The molecule has 5 aromatic rings. The van der Waals surface area contributed by atoms with Crippen molar-refractivity contribution in [3.8, 4) is 16.8 Å². The first-order valence-electron chi connectivity index (χ1n) is 12.6. The fourth-order valence-electron chi connectivity index (χ4n) is 5.07. The first-order chi connectivity index (χ1) is 18.6. The molecule has 0 saturated heterocycles. The highest BCUT2D eigenvalue weighted by molar-refractivity contribution is 6.11. The van der Waals surface area contributed by atoms with E-state index in [-0.39, 0.29) is 18.2 Å². The van der Waals surface area contributed by atoms with E-state index in [9.17, 15) is 9.59 Å². The summed E-state index contributed by atoms with van der Waals surface area (Å²) in [6.07, 6.45) is 8.68. The summed E-state index contributed by atoms with van der Waals surface area (Å²) in [5.74, 6) is -0.0594. The lowest BCUT2D eigenvalue weighted by Gasteiger charge is -2.19. The minimum atomic E-state index is -0.478. The Balaban J connectivity index is 1.84. The Morgan fingerprint density at radius 1 is 1.00 bits per heavy atom. The van der Waals surface area contributed by atoms with Crippen LogP contribution in [0.5, 0.6) is 0 Å². The van der Waals surface area contributed by atoms with Gasteiger partial charge in [-0.3, -0.25) is 0 Å². The SMILES string of the molecule is CCOC(=O)c1c(C)nc2c(c1-c1ccccc1)c1nnc(C3C=CC=CC3)n1c(=O)n2-c1ccccc1. The van der Waals surface area contributed by atoms with E-state index < -0.39 is 5.97 Å². The van der Waals surface area contributed by atoms with Crippen LogP contribution in [0, 0.1) is 6.92 Å². The van der Waals surface area contributed by atoms with Crippen LogP contribution in [-0.4, -0.2) is 36.7 Å². The Labute approximate surface area is 218 Å². The lowest BCUT2D eigenvalue weighted by molar-refractivity contribution is 0.0526. The summed E-state index contributed by atoms with van der Waals surface area (Å²) in [5.41, 5.74) is 3.28. The summed E-state index contributed by atoms with van der Waals surface area (Å²) < 4.78 is 8.60. The minimum absolute atomic E-state index is 0.118. The van der Waals surface area contributed by atoms with Crippen LogP contribution in [0.15, 0.2) is 89.8 Å². The van der Waals surface area contributed by atoms with Crippen molar-refractivity contribution in [2.45, 2.75) is 26.2 Å². The van der Waals surface area contributed by atoms with Crippen molar-refractivity contribution in [3.05, 3.63) is 113 Å². The van der Waals surface area contributed by atoms with Gasteiger partial charge in [-0.1, -0.05) is 72.8 Å². The number of benzene rings is 2. The number of ether oxygens (including phenoxy) is 1. The van der Waals surface area contributed by atoms with E-state index in [0.29, 0.717) is 51.4 Å². The zero-order valence-corrected chi connectivity index (χ0v) is 21.0. The van der Waals surface area contributed by atoms with Crippen LogP contribution in [0.4, 0.5) is 0 Å². The predicted octanol–water partition coefficient (Wildman–Crippen LogP) is 5.18. The van der Waals surface area contributed by atoms with Gasteiger partial charge in [0.15, 0.2) is 11.3 Å². The fourth-order valence-corrected chi connectivity index (χ4v) is 5.07. The summed E-state index contributed by atoms with van der Waals surface area (Å²) in [5, 5.41) is 9.59. The molecular weight excluding hydrogens is 478 g/mol. The monoisotopic (exact) mass is 503 g/mol. The van der Waals surface area contributed by atoms with E-state index in [1.807, 2.05) is 85.0 Å². The van der Waals surface area contributed by atoms with Crippen LogP contribution in [0.3, 0.4) is 0 Å². The van der Waals surface area contributed by atoms with Crippen molar-refractivity contribution in [1.29, 1.82) is 0 Å². The Morgan fingerprint density at radius 3 is 2.42 bits per heavy atom. The molecule has 0 amide bonds. The normalized spacial score (nSPS) is 14.8. The zero-order valence-electron chi connectivity index (χ0n) is 21.0. The molecule has 0 N–H and O–H groups in total. The zero-order chi connectivity index (χ0) is 26.2. The molecule has 188 valence electrons. The number of pyridine rings is 1. The molecule has 8 nitrogen and oxygen atoms in total. The maximum Gasteiger partial charge on any atom is 0.341 e. The molecule has 1 unspecified atom stereocenters. The molecule has 1 atom stereocenters. The Bertz CT molecular complexity index is 1800. The minimum Gasteiger partial charge on any atom is -0.462 e. The van der Waals surface area contributed by atoms with E-state index in [0.717, 1.165) is 5.56 Å². The Kier molecular flexibility index (Phi) is 5.92. The fraction of sp³-hybridized carbons (Fsp3) is 0.167. The molecule has 0 bridgehead atoms. The van der Waals surface area contributed by atoms with E-state index in [4.69, 9.17) is 9.72 Å². The number of carbonyl (C=O) groups is 1. The molecule has 0 radical (unpaired) electrons. The van der Waals surface area contributed by atoms with Crippen molar-refractivity contribution < 1.29 is 9.53 Å².